The highest BCUT2D eigenvalue weighted by atomic mass is 35.5. The fraction of sp³-hybridized carbons (Fsp3) is 0.538. The molecule has 0 amide bonds. The molecule has 0 radical (unpaired) electrons. The van der Waals surface area contributed by atoms with Gasteiger partial charge in [-0.25, -0.2) is 0 Å². The van der Waals surface area contributed by atoms with Crippen molar-refractivity contribution >= 4 is 23.2 Å². The molecule has 0 aromatic heterocycles. The minimum atomic E-state index is -0.695. The highest BCUT2D eigenvalue weighted by Gasteiger charge is 2.26. The van der Waals surface area contributed by atoms with Crippen molar-refractivity contribution in [2.75, 3.05) is 6.54 Å². The van der Waals surface area contributed by atoms with E-state index in [1.54, 1.807) is 13.8 Å². The molecule has 4 heteroatoms. The Bertz CT molecular complexity index is 426. The van der Waals surface area contributed by atoms with E-state index < -0.39 is 5.60 Å². The fourth-order valence-electron chi connectivity index (χ4n) is 2.22. The molecule has 2 N–H and O–H groups in total. The Hall–Kier alpha value is -0.280. The predicted octanol–water partition coefficient (Wildman–Crippen LogP) is 3.34. The first-order valence-corrected chi connectivity index (χ1v) is 6.56. The van der Waals surface area contributed by atoms with Gasteiger partial charge in [0.25, 0.3) is 0 Å². The Morgan fingerprint density at radius 1 is 1.41 bits per heavy atom. The number of benzene rings is 1. The molecule has 0 heterocycles. The molecule has 2 rings (SSSR count). The summed E-state index contributed by atoms with van der Waals surface area (Å²) in [6.45, 7) is 4.16. The van der Waals surface area contributed by atoms with E-state index >= 15 is 0 Å². The zero-order valence-corrected chi connectivity index (χ0v) is 11.6. The van der Waals surface area contributed by atoms with Crippen LogP contribution >= 0.6 is 23.2 Å². The van der Waals surface area contributed by atoms with Gasteiger partial charge in [-0.3, -0.25) is 0 Å². The molecule has 1 aliphatic rings. The third-order valence-electron chi connectivity index (χ3n) is 3.07. The highest BCUT2D eigenvalue weighted by molar-refractivity contribution is 6.42. The first-order chi connectivity index (χ1) is 7.88. The van der Waals surface area contributed by atoms with Crippen LogP contribution in [0.2, 0.25) is 10.0 Å². The van der Waals surface area contributed by atoms with E-state index in [1.807, 2.05) is 12.1 Å². The van der Waals surface area contributed by atoms with Gasteiger partial charge in [0, 0.05) is 12.6 Å². The van der Waals surface area contributed by atoms with E-state index in [1.165, 1.54) is 5.56 Å². The van der Waals surface area contributed by atoms with Gasteiger partial charge in [0.15, 0.2) is 0 Å². The van der Waals surface area contributed by atoms with Crippen LogP contribution in [0.3, 0.4) is 0 Å². The fourth-order valence-corrected chi connectivity index (χ4v) is 2.66. The standard InChI is InChI=1S/C13H17Cl2NO/c1-13(2,17)7-16-11-6-4-9-8(11)3-5-10(14)12(9)15/h3,5,11,16-17H,4,6-7H2,1-2H3. The molecule has 2 nitrogen and oxygen atoms in total. The van der Waals surface area contributed by atoms with Gasteiger partial charge in [0.05, 0.1) is 15.6 Å². The second-order valence-corrected chi connectivity index (χ2v) is 6.00. The maximum absolute atomic E-state index is 9.71. The molecular formula is C13H17Cl2NO. The summed E-state index contributed by atoms with van der Waals surface area (Å²) in [5, 5.41) is 14.4. The molecule has 0 spiro atoms. The lowest BCUT2D eigenvalue weighted by molar-refractivity contribution is 0.0764. The lowest BCUT2D eigenvalue weighted by Gasteiger charge is -2.22. The maximum atomic E-state index is 9.71. The zero-order chi connectivity index (χ0) is 12.6. The van der Waals surface area contributed by atoms with E-state index in [9.17, 15) is 5.11 Å². The second-order valence-electron chi connectivity index (χ2n) is 5.21. The van der Waals surface area contributed by atoms with E-state index in [4.69, 9.17) is 23.2 Å². The Balaban J connectivity index is 2.15. The number of nitrogens with one attached hydrogen (secondary N) is 1. The van der Waals surface area contributed by atoms with E-state index in [0.717, 1.165) is 18.4 Å². The summed E-state index contributed by atoms with van der Waals surface area (Å²) in [6, 6.07) is 4.14. The van der Waals surface area contributed by atoms with Crippen LogP contribution in [-0.4, -0.2) is 17.3 Å². The van der Waals surface area contributed by atoms with Crippen LogP contribution < -0.4 is 5.32 Å². The molecule has 1 aromatic carbocycles. The molecule has 17 heavy (non-hydrogen) atoms. The molecule has 0 aliphatic heterocycles. The van der Waals surface area contributed by atoms with Crippen molar-refractivity contribution in [1.82, 2.24) is 5.32 Å². The second kappa shape index (κ2) is 4.77. The van der Waals surface area contributed by atoms with E-state index in [-0.39, 0.29) is 6.04 Å². The summed E-state index contributed by atoms with van der Waals surface area (Å²) in [7, 11) is 0. The monoisotopic (exact) mass is 273 g/mol. The Morgan fingerprint density at radius 3 is 2.76 bits per heavy atom. The molecule has 1 aromatic rings. The average molecular weight is 274 g/mol. The van der Waals surface area contributed by atoms with Gasteiger partial charge in [-0.1, -0.05) is 29.3 Å². The zero-order valence-electron chi connectivity index (χ0n) is 10.1. The summed E-state index contributed by atoms with van der Waals surface area (Å²) in [5.74, 6) is 0. The summed E-state index contributed by atoms with van der Waals surface area (Å²) in [4.78, 5) is 0. The molecule has 0 saturated carbocycles. The van der Waals surface area contributed by atoms with Gasteiger partial charge in [0.1, 0.15) is 0 Å². The van der Waals surface area contributed by atoms with Gasteiger partial charge in [-0.2, -0.15) is 0 Å². The van der Waals surface area contributed by atoms with E-state index in [2.05, 4.69) is 5.32 Å². The number of aliphatic hydroxyl groups is 1. The Kier molecular flexibility index (Phi) is 3.69. The van der Waals surface area contributed by atoms with Crippen molar-refractivity contribution in [2.45, 2.75) is 38.3 Å². The third-order valence-corrected chi connectivity index (χ3v) is 3.92. The Morgan fingerprint density at radius 2 is 2.12 bits per heavy atom. The smallest absolute Gasteiger partial charge is 0.0715 e. The molecular weight excluding hydrogens is 257 g/mol. The molecule has 0 bridgehead atoms. The molecule has 0 fully saturated rings. The SMILES string of the molecule is CC(C)(O)CNC1CCc2c1ccc(Cl)c2Cl. The average Bonchev–Trinajstić information content (AvgIpc) is 2.63. The number of hydrogen-bond acceptors (Lipinski definition) is 2. The lowest BCUT2D eigenvalue weighted by Crippen LogP contribution is -2.36. The first kappa shape index (κ1) is 13.2. The van der Waals surface area contributed by atoms with Crippen molar-refractivity contribution < 1.29 is 5.11 Å². The quantitative estimate of drug-likeness (QED) is 0.886. The van der Waals surface area contributed by atoms with Crippen LogP contribution in [-0.2, 0) is 6.42 Å². The summed E-state index contributed by atoms with van der Waals surface area (Å²) in [5.41, 5.74) is 1.66. The largest absolute Gasteiger partial charge is 0.389 e. The molecule has 1 atom stereocenters. The van der Waals surface area contributed by atoms with E-state index in [0.29, 0.717) is 16.6 Å². The number of hydrogen-bond donors (Lipinski definition) is 2. The van der Waals surface area contributed by atoms with Crippen LogP contribution in [0.15, 0.2) is 12.1 Å². The Labute approximate surface area is 112 Å². The van der Waals surface area contributed by atoms with Gasteiger partial charge in [0.2, 0.25) is 0 Å². The normalized spacial score (nSPS) is 19.5. The van der Waals surface area contributed by atoms with Crippen LogP contribution in [0.1, 0.15) is 37.4 Å². The van der Waals surface area contributed by atoms with Crippen molar-refractivity contribution in [3.05, 3.63) is 33.3 Å². The summed E-state index contributed by atoms with van der Waals surface area (Å²) in [6.07, 6.45) is 1.95. The summed E-state index contributed by atoms with van der Waals surface area (Å²) >= 11 is 12.2. The topological polar surface area (TPSA) is 32.3 Å². The highest BCUT2D eigenvalue weighted by Crippen LogP contribution is 2.39. The van der Waals surface area contributed by atoms with Crippen molar-refractivity contribution in [3.8, 4) is 0 Å². The molecule has 94 valence electrons. The van der Waals surface area contributed by atoms with Gasteiger partial charge in [-0.05, 0) is 43.9 Å². The van der Waals surface area contributed by atoms with Crippen LogP contribution in [0.4, 0.5) is 0 Å². The minimum absolute atomic E-state index is 0.270. The van der Waals surface area contributed by atoms with Crippen LogP contribution in [0, 0.1) is 0 Å². The number of halogens is 2. The van der Waals surface area contributed by atoms with Crippen molar-refractivity contribution in [1.29, 1.82) is 0 Å². The molecule has 1 unspecified atom stereocenters. The molecule has 1 aliphatic carbocycles. The maximum Gasteiger partial charge on any atom is 0.0715 e. The number of rotatable bonds is 3. The van der Waals surface area contributed by atoms with Crippen molar-refractivity contribution in [2.24, 2.45) is 0 Å². The van der Waals surface area contributed by atoms with Gasteiger partial charge < -0.3 is 10.4 Å². The van der Waals surface area contributed by atoms with Crippen LogP contribution in [0.5, 0.6) is 0 Å². The van der Waals surface area contributed by atoms with Gasteiger partial charge in [-0.15, -0.1) is 0 Å². The third kappa shape index (κ3) is 2.94. The number of fused-ring (bicyclic) bond motifs is 1. The lowest BCUT2D eigenvalue weighted by atomic mass is 10.1. The minimum Gasteiger partial charge on any atom is -0.389 e. The predicted molar refractivity (Wildman–Crippen MR) is 71.8 cm³/mol. The van der Waals surface area contributed by atoms with Gasteiger partial charge >= 0.3 is 0 Å². The summed E-state index contributed by atoms with van der Waals surface area (Å²) < 4.78 is 0. The first-order valence-electron chi connectivity index (χ1n) is 5.81. The molecule has 0 saturated heterocycles. The van der Waals surface area contributed by atoms with Crippen molar-refractivity contribution in [3.63, 3.8) is 0 Å². The van der Waals surface area contributed by atoms with Crippen LogP contribution in [0.25, 0.3) is 0 Å².